The van der Waals surface area contributed by atoms with E-state index in [9.17, 15) is 0 Å². The normalized spacial score (nSPS) is 10.8. The van der Waals surface area contributed by atoms with Crippen molar-refractivity contribution in [1.29, 1.82) is 0 Å². The maximum atomic E-state index is 8.31. The van der Waals surface area contributed by atoms with Crippen molar-refractivity contribution in [3.8, 4) is 0 Å². The minimum absolute atomic E-state index is 0.652. The molecule has 0 amide bonds. The molecular formula is C11H15NO. The molecule has 0 aliphatic carbocycles. The van der Waals surface area contributed by atoms with Crippen molar-refractivity contribution >= 4 is 6.08 Å². The summed E-state index contributed by atoms with van der Waals surface area (Å²) in [5.74, 6) is 0. The van der Waals surface area contributed by atoms with Crippen molar-refractivity contribution < 1.29 is 5.21 Å². The molecule has 0 saturated carbocycles. The first-order valence-electron chi connectivity index (χ1n) is 4.52. The molecule has 0 aliphatic heterocycles. The molecule has 1 aromatic carbocycles. The molecule has 0 unspecified atom stereocenters. The Morgan fingerprint density at radius 3 is 2.69 bits per heavy atom. The van der Waals surface area contributed by atoms with Crippen LogP contribution < -0.4 is 5.48 Å². The van der Waals surface area contributed by atoms with E-state index in [1.54, 1.807) is 0 Å². The van der Waals surface area contributed by atoms with Crippen LogP contribution in [0.1, 0.15) is 18.4 Å². The first-order chi connectivity index (χ1) is 6.43. The van der Waals surface area contributed by atoms with Gasteiger partial charge in [0.05, 0.1) is 0 Å². The predicted molar refractivity (Wildman–Crippen MR) is 54.5 cm³/mol. The lowest BCUT2D eigenvalue weighted by atomic mass is 10.2. The first-order valence-corrected chi connectivity index (χ1v) is 4.52. The van der Waals surface area contributed by atoms with Crippen molar-refractivity contribution in [1.82, 2.24) is 5.48 Å². The first kappa shape index (κ1) is 9.96. The van der Waals surface area contributed by atoms with Crippen molar-refractivity contribution in [3.05, 3.63) is 42.0 Å². The van der Waals surface area contributed by atoms with Gasteiger partial charge in [-0.2, -0.15) is 0 Å². The lowest BCUT2D eigenvalue weighted by Crippen LogP contribution is -2.07. The molecule has 2 heteroatoms. The summed E-state index contributed by atoms with van der Waals surface area (Å²) in [7, 11) is 0. The van der Waals surface area contributed by atoms with Gasteiger partial charge in [-0.25, -0.2) is 5.48 Å². The number of hydrogen-bond donors (Lipinski definition) is 2. The van der Waals surface area contributed by atoms with E-state index in [0.717, 1.165) is 12.8 Å². The Labute approximate surface area is 78.9 Å². The highest BCUT2D eigenvalue weighted by atomic mass is 16.5. The van der Waals surface area contributed by atoms with Gasteiger partial charge < -0.3 is 5.21 Å². The zero-order chi connectivity index (χ0) is 9.36. The topological polar surface area (TPSA) is 32.3 Å². The minimum Gasteiger partial charge on any atom is -0.317 e. The number of benzene rings is 1. The van der Waals surface area contributed by atoms with Crippen LogP contribution in [0.15, 0.2) is 36.4 Å². The molecule has 1 rings (SSSR count). The zero-order valence-corrected chi connectivity index (χ0v) is 7.61. The third-order valence-electron chi connectivity index (χ3n) is 1.77. The molecule has 0 heterocycles. The van der Waals surface area contributed by atoms with Crippen molar-refractivity contribution in [3.63, 3.8) is 0 Å². The highest BCUT2D eigenvalue weighted by molar-refractivity contribution is 5.48. The molecule has 70 valence electrons. The van der Waals surface area contributed by atoms with Crippen LogP contribution in [0.5, 0.6) is 0 Å². The number of hydrogen-bond acceptors (Lipinski definition) is 2. The summed E-state index contributed by atoms with van der Waals surface area (Å²) in [6.45, 7) is 0.652. The molecule has 0 bridgehead atoms. The molecule has 0 aliphatic rings. The average molecular weight is 177 g/mol. The number of rotatable bonds is 5. The molecule has 0 spiro atoms. The van der Waals surface area contributed by atoms with Gasteiger partial charge >= 0.3 is 0 Å². The molecule has 0 atom stereocenters. The molecule has 0 saturated heterocycles. The van der Waals surface area contributed by atoms with E-state index in [1.165, 1.54) is 5.56 Å². The van der Waals surface area contributed by atoms with E-state index >= 15 is 0 Å². The van der Waals surface area contributed by atoms with E-state index in [1.807, 2.05) is 18.2 Å². The molecular weight excluding hydrogens is 162 g/mol. The van der Waals surface area contributed by atoms with Gasteiger partial charge in [0.1, 0.15) is 0 Å². The Morgan fingerprint density at radius 1 is 1.23 bits per heavy atom. The Bertz CT molecular complexity index is 244. The van der Waals surface area contributed by atoms with E-state index in [2.05, 4.69) is 29.8 Å². The van der Waals surface area contributed by atoms with Gasteiger partial charge in [0, 0.05) is 6.54 Å². The van der Waals surface area contributed by atoms with Crippen molar-refractivity contribution in [2.45, 2.75) is 12.8 Å². The van der Waals surface area contributed by atoms with Crippen LogP contribution in [-0.4, -0.2) is 11.8 Å². The largest absolute Gasteiger partial charge is 0.317 e. The van der Waals surface area contributed by atoms with Gasteiger partial charge in [0.25, 0.3) is 0 Å². The third kappa shape index (κ3) is 4.45. The molecule has 0 aromatic heterocycles. The molecule has 2 N–H and O–H groups in total. The predicted octanol–water partition coefficient (Wildman–Crippen LogP) is 2.46. The van der Waals surface area contributed by atoms with Crippen molar-refractivity contribution in [2.75, 3.05) is 6.54 Å². The summed E-state index contributed by atoms with van der Waals surface area (Å²) in [5.41, 5.74) is 3.35. The fourth-order valence-electron chi connectivity index (χ4n) is 1.08. The summed E-state index contributed by atoms with van der Waals surface area (Å²) in [6, 6.07) is 10.2. The van der Waals surface area contributed by atoms with Crippen LogP contribution in [0.3, 0.4) is 0 Å². The molecule has 0 radical (unpaired) electrons. The summed E-state index contributed by atoms with van der Waals surface area (Å²) < 4.78 is 0. The van der Waals surface area contributed by atoms with Crippen LogP contribution >= 0.6 is 0 Å². The standard InChI is InChI=1S/C11H15NO/c13-12-10-6-2-5-9-11-7-3-1-4-8-11/h1,3-5,7-9,12-13H,2,6,10H2/b9-5+. The molecule has 1 aromatic rings. The van der Waals surface area contributed by atoms with E-state index in [0.29, 0.717) is 6.54 Å². The second-order valence-corrected chi connectivity index (χ2v) is 2.86. The number of hydroxylamine groups is 1. The summed E-state index contributed by atoms with van der Waals surface area (Å²) in [4.78, 5) is 0. The van der Waals surface area contributed by atoms with E-state index < -0.39 is 0 Å². The average Bonchev–Trinajstić information content (AvgIpc) is 2.19. The SMILES string of the molecule is ONCCC/C=C/c1ccccc1. The monoisotopic (exact) mass is 177 g/mol. The Hall–Kier alpha value is -1.12. The smallest absolute Gasteiger partial charge is 0.0210 e. The summed E-state index contributed by atoms with van der Waals surface area (Å²) in [6.07, 6.45) is 6.16. The number of unbranched alkanes of at least 4 members (excludes halogenated alkanes) is 1. The minimum atomic E-state index is 0.652. The quantitative estimate of drug-likeness (QED) is 0.535. The summed E-state index contributed by atoms with van der Waals surface area (Å²) >= 11 is 0. The lowest BCUT2D eigenvalue weighted by molar-refractivity contribution is 0.166. The van der Waals surface area contributed by atoms with Gasteiger partial charge in [0.2, 0.25) is 0 Å². The van der Waals surface area contributed by atoms with Crippen LogP contribution in [-0.2, 0) is 0 Å². The Kier molecular flexibility index (Phi) is 4.91. The highest BCUT2D eigenvalue weighted by Gasteiger charge is 1.83. The number of nitrogens with one attached hydrogen (secondary N) is 1. The maximum absolute atomic E-state index is 8.31. The Balaban J connectivity index is 2.25. The van der Waals surface area contributed by atoms with Gasteiger partial charge in [-0.1, -0.05) is 42.5 Å². The van der Waals surface area contributed by atoms with Crippen molar-refractivity contribution in [2.24, 2.45) is 0 Å². The second kappa shape index (κ2) is 6.40. The Morgan fingerprint density at radius 2 is 2.00 bits per heavy atom. The van der Waals surface area contributed by atoms with Gasteiger partial charge in [0.15, 0.2) is 0 Å². The van der Waals surface area contributed by atoms with Crippen LogP contribution in [0.4, 0.5) is 0 Å². The third-order valence-corrected chi connectivity index (χ3v) is 1.77. The van der Waals surface area contributed by atoms with Crippen LogP contribution in [0, 0.1) is 0 Å². The van der Waals surface area contributed by atoms with Crippen LogP contribution in [0.25, 0.3) is 6.08 Å². The van der Waals surface area contributed by atoms with Gasteiger partial charge in [-0.3, -0.25) is 0 Å². The van der Waals surface area contributed by atoms with E-state index in [-0.39, 0.29) is 0 Å². The number of allylic oxidation sites excluding steroid dienone is 1. The molecule has 2 nitrogen and oxygen atoms in total. The van der Waals surface area contributed by atoms with Gasteiger partial charge in [-0.05, 0) is 18.4 Å². The second-order valence-electron chi connectivity index (χ2n) is 2.86. The van der Waals surface area contributed by atoms with E-state index in [4.69, 9.17) is 5.21 Å². The van der Waals surface area contributed by atoms with Gasteiger partial charge in [-0.15, -0.1) is 0 Å². The van der Waals surface area contributed by atoms with Crippen LogP contribution in [0.2, 0.25) is 0 Å². The fraction of sp³-hybridized carbons (Fsp3) is 0.273. The maximum Gasteiger partial charge on any atom is 0.0210 e. The molecule has 13 heavy (non-hydrogen) atoms. The fourth-order valence-corrected chi connectivity index (χ4v) is 1.08. The lowest BCUT2D eigenvalue weighted by Gasteiger charge is -1.93. The highest BCUT2D eigenvalue weighted by Crippen LogP contribution is 2.02. The summed E-state index contributed by atoms with van der Waals surface area (Å²) in [5, 5.41) is 8.31. The zero-order valence-electron chi connectivity index (χ0n) is 7.61. The molecule has 0 fully saturated rings.